The molecule has 1 atom stereocenters. The van der Waals surface area contributed by atoms with Crippen LogP contribution in [0.2, 0.25) is 0 Å². The van der Waals surface area contributed by atoms with Gasteiger partial charge in [0.15, 0.2) is 6.29 Å². The van der Waals surface area contributed by atoms with Crippen molar-refractivity contribution < 1.29 is 24.7 Å². The van der Waals surface area contributed by atoms with Gasteiger partial charge >= 0.3 is 7.12 Å². The van der Waals surface area contributed by atoms with Gasteiger partial charge in [-0.1, -0.05) is 24.3 Å². The fourth-order valence-corrected chi connectivity index (χ4v) is 3.22. The smallest absolute Gasteiger partial charge is 0.534 e. The molecule has 0 spiro atoms. The molecule has 0 aliphatic carbocycles. The molecule has 4 rings (SSSR count). The Balaban J connectivity index is 1.55. The van der Waals surface area contributed by atoms with E-state index in [4.69, 9.17) is 4.65 Å². The molecule has 26 heavy (non-hydrogen) atoms. The molecule has 0 fully saturated rings. The van der Waals surface area contributed by atoms with Crippen molar-refractivity contribution in [2.45, 2.75) is 18.7 Å². The average molecular weight is 352 g/mol. The topological polar surface area (TPSA) is 115 Å². The number of amides is 1. The minimum Gasteiger partial charge on any atom is -0.534 e. The molecule has 0 bridgehead atoms. The lowest BCUT2D eigenvalue weighted by Gasteiger charge is -2.29. The van der Waals surface area contributed by atoms with Crippen molar-refractivity contribution in [3.63, 3.8) is 0 Å². The maximum Gasteiger partial charge on any atom is 0.547 e. The lowest BCUT2D eigenvalue weighted by molar-refractivity contribution is -0.0436. The first-order valence-electron chi connectivity index (χ1n) is 8.23. The molecule has 0 saturated carbocycles. The second-order valence-electron chi connectivity index (χ2n) is 6.28. The summed E-state index contributed by atoms with van der Waals surface area (Å²) >= 11 is 0. The molecular formula is C18H17BN2O5. The van der Waals surface area contributed by atoms with Gasteiger partial charge in [0.25, 0.3) is 5.91 Å². The van der Waals surface area contributed by atoms with Gasteiger partial charge in [-0.25, -0.2) is 0 Å². The normalized spacial score (nSPS) is 16.5. The van der Waals surface area contributed by atoms with E-state index < -0.39 is 19.3 Å². The maximum atomic E-state index is 12.5. The maximum absolute atomic E-state index is 12.5. The summed E-state index contributed by atoms with van der Waals surface area (Å²) in [5.74, 6) is -0.732. The number of aliphatic hydroxyl groups excluding tert-OH is 1. The van der Waals surface area contributed by atoms with Crippen LogP contribution in [0.1, 0.15) is 27.8 Å². The standard InChI is InChI=1S/C18H17BN2O5/c22-17(12-5-4-10-6-7-20-14(10)8-12)21-15-9-11-2-1-3-13(18(23)24)16(11)26-19(15)25/h1-8,15,18,20,23-25H,9H2,(H,21,22)/t15-/m0/s1. The number of benzene rings is 2. The number of aliphatic hydroxyl groups is 2. The summed E-state index contributed by atoms with van der Waals surface area (Å²) in [5.41, 5.74) is 2.19. The first kappa shape index (κ1) is 16.7. The molecule has 8 heteroatoms. The zero-order chi connectivity index (χ0) is 18.3. The molecule has 0 saturated heterocycles. The predicted octanol–water partition coefficient (Wildman–Crippen LogP) is 0.904. The number of hydrogen-bond acceptors (Lipinski definition) is 5. The van der Waals surface area contributed by atoms with Gasteiger partial charge in [0.05, 0.1) is 5.94 Å². The summed E-state index contributed by atoms with van der Waals surface area (Å²) in [7, 11) is -1.29. The molecule has 0 unspecified atom stereocenters. The van der Waals surface area contributed by atoms with E-state index in [1.54, 1.807) is 30.5 Å². The summed E-state index contributed by atoms with van der Waals surface area (Å²) in [6.07, 6.45) is 0.415. The van der Waals surface area contributed by atoms with Crippen LogP contribution in [-0.4, -0.2) is 39.2 Å². The summed E-state index contributed by atoms with van der Waals surface area (Å²) in [4.78, 5) is 15.6. The van der Waals surface area contributed by atoms with Gasteiger partial charge in [0, 0.05) is 22.8 Å². The molecule has 3 aromatic rings. The fraction of sp³-hybridized carbons (Fsp3) is 0.167. The number of carbonyl (C=O) groups excluding carboxylic acids is 1. The molecule has 1 aliphatic heterocycles. The van der Waals surface area contributed by atoms with E-state index in [0.29, 0.717) is 17.5 Å². The Bertz CT molecular complexity index is 971. The lowest BCUT2D eigenvalue weighted by Crippen LogP contribution is -2.53. The Morgan fingerprint density at radius 2 is 2.12 bits per heavy atom. The number of carbonyl (C=O) groups is 1. The van der Waals surface area contributed by atoms with E-state index >= 15 is 0 Å². The highest BCUT2D eigenvalue weighted by atomic mass is 16.5. The van der Waals surface area contributed by atoms with Crippen molar-refractivity contribution in [3.8, 4) is 5.75 Å². The third-order valence-corrected chi connectivity index (χ3v) is 4.56. The van der Waals surface area contributed by atoms with Crippen molar-refractivity contribution in [1.29, 1.82) is 0 Å². The van der Waals surface area contributed by atoms with E-state index in [9.17, 15) is 20.0 Å². The van der Waals surface area contributed by atoms with Gasteiger partial charge in [-0.15, -0.1) is 0 Å². The van der Waals surface area contributed by atoms with E-state index in [-0.39, 0.29) is 17.2 Å². The zero-order valence-corrected chi connectivity index (χ0v) is 13.7. The van der Waals surface area contributed by atoms with E-state index in [1.165, 1.54) is 6.07 Å². The third-order valence-electron chi connectivity index (χ3n) is 4.56. The fourth-order valence-electron chi connectivity index (χ4n) is 3.22. The molecule has 7 nitrogen and oxygen atoms in total. The van der Waals surface area contributed by atoms with Crippen molar-refractivity contribution in [1.82, 2.24) is 10.3 Å². The number of rotatable bonds is 3. The Morgan fingerprint density at radius 3 is 2.92 bits per heavy atom. The Hall–Kier alpha value is -2.81. The Labute approximate surface area is 149 Å². The molecule has 1 aromatic heterocycles. The molecule has 5 N–H and O–H groups in total. The summed E-state index contributed by atoms with van der Waals surface area (Å²) in [6.45, 7) is 0. The number of para-hydroxylation sites is 1. The summed E-state index contributed by atoms with van der Waals surface area (Å²) < 4.78 is 5.45. The zero-order valence-electron chi connectivity index (χ0n) is 13.7. The molecule has 0 radical (unpaired) electrons. The SMILES string of the molecule is O=C(N[C@H]1Cc2cccc(C(O)O)c2OB1O)c1ccc2cc[nH]c2c1. The Morgan fingerprint density at radius 1 is 1.27 bits per heavy atom. The minimum absolute atomic E-state index is 0.184. The lowest BCUT2D eigenvalue weighted by atomic mass is 9.72. The minimum atomic E-state index is -1.70. The molecule has 2 aromatic carbocycles. The second kappa shape index (κ2) is 6.49. The van der Waals surface area contributed by atoms with E-state index in [0.717, 1.165) is 10.9 Å². The summed E-state index contributed by atoms with van der Waals surface area (Å²) in [5, 5.41) is 32.9. The monoisotopic (exact) mass is 352 g/mol. The highest BCUT2D eigenvalue weighted by Crippen LogP contribution is 2.33. The number of hydrogen-bond donors (Lipinski definition) is 5. The molecule has 132 valence electrons. The number of H-pyrrole nitrogens is 1. The number of aromatic nitrogens is 1. The van der Waals surface area contributed by atoms with Crippen LogP contribution in [0.25, 0.3) is 10.9 Å². The highest BCUT2D eigenvalue weighted by Gasteiger charge is 2.37. The number of nitrogens with one attached hydrogen (secondary N) is 2. The molecular weight excluding hydrogens is 335 g/mol. The molecule has 1 amide bonds. The second-order valence-corrected chi connectivity index (χ2v) is 6.28. The van der Waals surface area contributed by atoms with Gasteiger partial charge in [0.2, 0.25) is 0 Å². The first-order valence-corrected chi connectivity index (χ1v) is 8.23. The van der Waals surface area contributed by atoms with Gasteiger partial charge < -0.3 is 30.2 Å². The van der Waals surface area contributed by atoms with Crippen molar-refractivity contribution in [2.75, 3.05) is 0 Å². The predicted molar refractivity (Wildman–Crippen MR) is 95.5 cm³/mol. The summed E-state index contributed by atoms with van der Waals surface area (Å²) in [6, 6.07) is 12.2. The number of fused-ring (bicyclic) bond motifs is 2. The van der Waals surface area contributed by atoms with Crippen molar-refractivity contribution in [3.05, 3.63) is 65.4 Å². The Kier molecular flexibility index (Phi) is 4.16. The largest absolute Gasteiger partial charge is 0.547 e. The molecule has 2 heterocycles. The van der Waals surface area contributed by atoms with E-state index in [1.807, 2.05) is 12.1 Å². The van der Waals surface area contributed by atoms with Crippen LogP contribution in [0, 0.1) is 0 Å². The van der Waals surface area contributed by atoms with Gasteiger partial charge in [-0.05, 0) is 35.6 Å². The first-order chi connectivity index (χ1) is 12.5. The van der Waals surface area contributed by atoms with Gasteiger partial charge in [-0.2, -0.15) is 0 Å². The van der Waals surface area contributed by atoms with Crippen LogP contribution >= 0.6 is 0 Å². The van der Waals surface area contributed by atoms with Crippen LogP contribution in [0.3, 0.4) is 0 Å². The highest BCUT2D eigenvalue weighted by molar-refractivity contribution is 6.47. The quantitative estimate of drug-likeness (QED) is 0.355. The van der Waals surface area contributed by atoms with Crippen molar-refractivity contribution in [2.24, 2.45) is 0 Å². The molecule has 1 aliphatic rings. The van der Waals surface area contributed by atoms with Gasteiger partial charge in [-0.3, -0.25) is 4.79 Å². The van der Waals surface area contributed by atoms with E-state index in [2.05, 4.69) is 10.3 Å². The van der Waals surface area contributed by atoms with Crippen LogP contribution in [-0.2, 0) is 6.42 Å². The van der Waals surface area contributed by atoms with Crippen LogP contribution < -0.4 is 9.97 Å². The van der Waals surface area contributed by atoms with Crippen LogP contribution in [0.5, 0.6) is 5.75 Å². The van der Waals surface area contributed by atoms with Crippen LogP contribution in [0.4, 0.5) is 0 Å². The third kappa shape index (κ3) is 2.94. The van der Waals surface area contributed by atoms with Gasteiger partial charge in [0.1, 0.15) is 5.75 Å². The average Bonchev–Trinajstić information content (AvgIpc) is 3.09. The van der Waals surface area contributed by atoms with Crippen LogP contribution in [0.15, 0.2) is 48.7 Å². The van der Waals surface area contributed by atoms with Crippen molar-refractivity contribution >= 4 is 23.9 Å². The number of aromatic amines is 1.